The van der Waals surface area contributed by atoms with Gasteiger partial charge in [-0.1, -0.05) is 12.1 Å². The second kappa shape index (κ2) is 6.27. The van der Waals surface area contributed by atoms with Crippen LogP contribution < -0.4 is 21.1 Å². The first-order valence-corrected chi connectivity index (χ1v) is 5.11. The van der Waals surface area contributed by atoms with Gasteiger partial charge in [0.2, 0.25) is 0 Å². The van der Waals surface area contributed by atoms with Crippen molar-refractivity contribution in [2.75, 3.05) is 38.2 Å². The molecule has 1 aromatic rings. The molecule has 0 fully saturated rings. The van der Waals surface area contributed by atoms with Crippen LogP contribution in [0.1, 0.15) is 0 Å². The molecule has 4 nitrogen and oxygen atoms in total. The number of nitrogens with zero attached hydrogens (tertiary/aromatic N) is 1. The molecule has 0 amide bonds. The molecule has 1 aromatic carbocycles. The quantitative estimate of drug-likeness (QED) is 0.712. The Balaban J connectivity index is 2.88. The van der Waals surface area contributed by atoms with Gasteiger partial charge in [0.05, 0.1) is 12.8 Å². The van der Waals surface area contributed by atoms with Crippen molar-refractivity contribution in [1.29, 1.82) is 0 Å². The van der Waals surface area contributed by atoms with Gasteiger partial charge in [-0.05, 0) is 12.1 Å². The van der Waals surface area contributed by atoms with Crippen molar-refractivity contribution in [3.05, 3.63) is 24.3 Å². The zero-order chi connectivity index (χ0) is 11.1. The molecule has 0 atom stereocenters. The molecule has 0 aromatic heterocycles. The summed E-state index contributed by atoms with van der Waals surface area (Å²) in [4.78, 5) is 2.14. The smallest absolute Gasteiger partial charge is 0.142 e. The van der Waals surface area contributed by atoms with Gasteiger partial charge < -0.3 is 21.1 Å². The van der Waals surface area contributed by atoms with Crippen LogP contribution in [0.15, 0.2) is 24.3 Å². The topological polar surface area (TPSA) is 64.5 Å². The predicted octanol–water partition coefficient (Wildman–Crippen LogP) is 0.419. The van der Waals surface area contributed by atoms with Crippen molar-refractivity contribution in [3.63, 3.8) is 0 Å². The van der Waals surface area contributed by atoms with Crippen LogP contribution in [-0.2, 0) is 0 Å². The van der Waals surface area contributed by atoms with Gasteiger partial charge in [-0.3, -0.25) is 0 Å². The van der Waals surface area contributed by atoms with E-state index < -0.39 is 0 Å². The highest BCUT2D eigenvalue weighted by atomic mass is 16.5. The number of para-hydroxylation sites is 2. The summed E-state index contributed by atoms with van der Waals surface area (Å²) in [5, 5.41) is 0. The average Bonchev–Trinajstić information content (AvgIpc) is 2.29. The fraction of sp³-hybridized carbons (Fsp3) is 0.455. The number of anilines is 1. The zero-order valence-corrected chi connectivity index (χ0v) is 9.15. The van der Waals surface area contributed by atoms with Crippen molar-refractivity contribution in [2.45, 2.75) is 0 Å². The van der Waals surface area contributed by atoms with E-state index in [9.17, 15) is 0 Å². The molecule has 0 saturated carbocycles. The van der Waals surface area contributed by atoms with Crippen LogP contribution in [0.25, 0.3) is 0 Å². The summed E-state index contributed by atoms with van der Waals surface area (Å²) in [6.45, 7) is 2.80. The van der Waals surface area contributed by atoms with Gasteiger partial charge in [-0.25, -0.2) is 0 Å². The predicted molar refractivity (Wildman–Crippen MR) is 63.3 cm³/mol. The highest BCUT2D eigenvalue weighted by Crippen LogP contribution is 2.26. The average molecular weight is 209 g/mol. The number of nitrogens with two attached hydrogens (primary N) is 2. The molecule has 0 bridgehead atoms. The number of hydrogen-bond donors (Lipinski definition) is 2. The van der Waals surface area contributed by atoms with Crippen molar-refractivity contribution in [1.82, 2.24) is 0 Å². The molecule has 84 valence electrons. The number of hydrogen-bond acceptors (Lipinski definition) is 4. The van der Waals surface area contributed by atoms with Gasteiger partial charge in [0.25, 0.3) is 0 Å². The first-order valence-electron chi connectivity index (χ1n) is 5.11. The first kappa shape index (κ1) is 11.8. The molecule has 0 unspecified atom stereocenters. The number of methoxy groups -OCH3 is 1. The van der Waals surface area contributed by atoms with Crippen LogP contribution in [0.2, 0.25) is 0 Å². The monoisotopic (exact) mass is 209 g/mol. The summed E-state index contributed by atoms with van der Waals surface area (Å²) in [6.07, 6.45) is 0. The van der Waals surface area contributed by atoms with Gasteiger partial charge >= 0.3 is 0 Å². The van der Waals surface area contributed by atoms with Gasteiger partial charge in [-0.2, -0.15) is 0 Å². The third-order valence-electron chi connectivity index (χ3n) is 2.22. The van der Waals surface area contributed by atoms with Gasteiger partial charge in [-0.15, -0.1) is 0 Å². The Labute approximate surface area is 90.8 Å². The maximum absolute atomic E-state index is 5.57. The van der Waals surface area contributed by atoms with Crippen LogP contribution in [0.5, 0.6) is 5.75 Å². The molecule has 0 aliphatic heterocycles. The van der Waals surface area contributed by atoms with E-state index in [2.05, 4.69) is 4.90 Å². The molecule has 15 heavy (non-hydrogen) atoms. The normalized spacial score (nSPS) is 10.1. The fourth-order valence-electron chi connectivity index (χ4n) is 1.56. The minimum Gasteiger partial charge on any atom is -0.495 e. The second-order valence-electron chi connectivity index (χ2n) is 3.24. The Hall–Kier alpha value is -1.26. The summed E-state index contributed by atoms with van der Waals surface area (Å²) in [7, 11) is 1.67. The van der Waals surface area contributed by atoms with Crippen molar-refractivity contribution >= 4 is 5.69 Å². The highest BCUT2D eigenvalue weighted by Gasteiger charge is 2.09. The molecule has 1 rings (SSSR count). The summed E-state index contributed by atoms with van der Waals surface area (Å²) >= 11 is 0. The van der Waals surface area contributed by atoms with E-state index in [1.54, 1.807) is 7.11 Å². The third kappa shape index (κ3) is 3.11. The van der Waals surface area contributed by atoms with Crippen LogP contribution in [-0.4, -0.2) is 33.3 Å². The second-order valence-corrected chi connectivity index (χ2v) is 3.24. The summed E-state index contributed by atoms with van der Waals surface area (Å²) < 4.78 is 5.30. The Morgan fingerprint density at radius 3 is 2.27 bits per heavy atom. The lowest BCUT2D eigenvalue weighted by Gasteiger charge is -2.25. The van der Waals surface area contributed by atoms with Crippen LogP contribution >= 0.6 is 0 Å². The Morgan fingerprint density at radius 1 is 1.13 bits per heavy atom. The Bertz CT molecular complexity index is 285. The lowest BCUT2D eigenvalue weighted by Crippen LogP contribution is -2.34. The first-order chi connectivity index (χ1) is 7.33. The van der Waals surface area contributed by atoms with E-state index in [-0.39, 0.29) is 0 Å². The van der Waals surface area contributed by atoms with E-state index in [4.69, 9.17) is 16.2 Å². The SMILES string of the molecule is COc1ccccc1N(CCN)CCN. The molecular formula is C11H19N3O. The summed E-state index contributed by atoms with van der Waals surface area (Å²) in [5.41, 5.74) is 12.2. The lowest BCUT2D eigenvalue weighted by atomic mass is 10.2. The van der Waals surface area contributed by atoms with Gasteiger partial charge in [0.15, 0.2) is 0 Å². The molecule has 0 radical (unpaired) electrons. The van der Waals surface area contributed by atoms with Crippen LogP contribution in [0.4, 0.5) is 5.69 Å². The molecule has 0 saturated heterocycles. The zero-order valence-electron chi connectivity index (χ0n) is 9.15. The molecule has 0 aliphatic rings. The van der Waals surface area contributed by atoms with Crippen LogP contribution in [0, 0.1) is 0 Å². The minimum absolute atomic E-state index is 0.609. The van der Waals surface area contributed by atoms with E-state index in [1.807, 2.05) is 24.3 Å². The van der Waals surface area contributed by atoms with Crippen molar-refractivity contribution < 1.29 is 4.74 Å². The lowest BCUT2D eigenvalue weighted by molar-refractivity contribution is 0.414. The maximum atomic E-state index is 5.57. The number of benzene rings is 1. The van der Waals surface area contributed by atoms with E-state index in [0.717, 1.165) is 24.5 Å². The van der Waals surface area contributed by atoms with Crippen molar-refractivity contribution in [2.24, 2.45) is 11.5 Å². The minimum atomic E-state index is 0.609. The standard InChI is InChI=1S/C11H19N3O/c1-15-11-5-3-2-4-10(11)14(8-6-12)9-7-13/h2-5H,6-9,12-13H2,1H3. The fourth-order valence-corrected chi connectivity index (χ4v) is 1.56. The molecule has 0 aliphatic carbocycles. The molecular weight excluding hydrogens is 190 g/mol. The Morgan fingerprint density at radius 2 is 1.73 bits per heavy atom. The third-order valence-corrected chi connectivity index (χ3v) is 2.22. The van der Waals surface area contributed by atoms with Crippen molar-refractivity contribution in [3.8, 4) is 5.75 Å². The summed E-state index contributed by atoms with van der Waals surface area (Å²) in [6, 6.07) is 7.89. The Kier molecular flexibility index (Phi) is 4.93. The van der Waals surface area contributed by atoms with Gasteiger partial charge in [0, 0.05) is 26.2 Å². The van der Waals surface area contributed by atoms with Crippen LogP contribution in [0.3, 0.4) is 0 Å². The molecule has 4 heteroatoms. The maximum Gasteiger partial charge on any atom is 0.142 e. The molecule has 4 N–H and O–H groups in total. The largest absolute Gasteiger partial charge is 0.495 e. The number of rotatable bonds is 6. The highest BCUT2D eigenvalue weighted by molar-refractivity contribution is 5.58. The summed E-state index contributed by atoms with van der Waals surface area (Å²) in [5.74, 6) is 0.861. The molecule has 0 spiro atoms. The van der Waals surface area contributed by atoms with Gasteiger partial charge in [0.1, 0.15) is 5.75 Å². The van der Waals surface area contributed by atoms with E-state index >= 15 is 0 Å². The molecule has 0 heterocycles. The van der Waals surface area contributed by atoms with E-state index in [1.165, 1.54) is 0 Å². The van der Waals surface area contributed by atoms with E-state index in [0.29, 0.717) is 13.1 Å². The number of ether oxygens (including phenoxy) is 1.